The van der Waals surface area contributed by atoms with Gasteiger partial charge in [-0.25, -0.2) is 0 Å². The average molecular weight is 1380 g/mol. The maximum Gasteiger partial charge on any atom is 6.00 e. The predicted molar refractivity (Wildman–Crippen MR) is 4.12 cm³/mol. The Labute approximate surface area is 177 Å². The van der Waals surface area contributed by atoms with Crippen LogP contribution in [0.3, 0.4) is 0 Å². The van der Waals surface area contributed by atoms with Crippen LogP contribution in [0.1, 0.15) is 0 Å². The van der Waals surface area contributed by atoms with Gasteiger partial charge in [0.1, 0.15) is 0 Å². The van der Waals surface area contributed by atoms with Crippen LogP contribution in [0.4, 0.5) is 0 Å². The van der Waals surface area contributed by atoms with E-state index in [9.17, 15) is 0 Å². The van der Waals surface area contributed by atoms with E-state index in [2.05, 4.69) is 0 Å². The van der Waals surface area contributed by atoms with Crippen LogP contribution in [-0.2, 0) is 180 Å². The molecule has 0 amide bonds. The Hall–Kier alpha value is 4.58. The average Bonchev–Trinajstić information content (AvgIpc) is 0. The molecule has 0 saturated heterocycles. The molecule has 0 heterocycles. The molecule has 0 radical (unpaired) electrons. The Morgan fingerprint density at radius 3 is 0.154 bits per heavy atom. The van der Waals surface area contributed by atoms with E-state index in [0.717, 1.165) is 0 Å². The zero-order valence-corrected chi connectivity index (χ0v) is 25.8. The summed E-state index contributed by atoms with van der Waals surface area (Å²) in [5, 5.41) is 0. The van der Waals surface area contributed by atoms with Crippen molar-refractivity contribution in [2.75, 3.05) is 0 Å². The van der Waals surface area contributed by atoms with Gasteiger partial charge in [-0.3, -0.25) is 0 Å². The molecule has 0 atom stereocenters. The van der Waals surface area contributed by atoms with Gasteiger partial charge >= 0.3 is 147 Å². The fourth-order valence-electron chi connectivity index (χ4n) is 0. The second-order valence-electron chi connectivity index (χ2n) is 0. The maximum absolute atomic E-state index is 0. The quantitative estimate of drug-likeness (QED) is 0.299. The van der Waals surface area contributed by atoms with Crippen LogP contribution in [0.25, 0.3) is 0 Å². The summed E-state index contributed by atoms with van der Waals surface area (Å²) < 4.78 is 0. The second-order valence-corrected chi connectivity index (χ2v) is 0. The van der Waals surface area contributed by atoms with Gasteiger partial charge in [-0.2, -0.15) is 0 Å². The third-order valence-corrected chi connectivity index (χ3v) is 0. The first-order chi connectivity index (χ1) is 0. The fraction of sp³-hybridized carbons (Fsp3) is 0. The monoisotopic (exact) mass is 1380 g/mol. The zero-order valence-electron chi connectivity index (χ0n) is 5.31. The minimum Gasteiger partial charge on any atom is -2.00 e. The van der Waals surface area contributed by atoms with E-state index in [4.69, 9.17) is 0 Å². The van der Waals surface area contributed by atoms with E-state index in [1.807, 2.05) is 0 Å². The molecule has 0 aliphatic carbocycles. The first-order valence-corrected chi connectivity index (χ1v) is 0. The zero-order chi connectivity index (χ0) is 0. The van der Waals surface area contributed by atoms with Gasteiger partial charge in [0.25, 0.3) is 0 Å². The fourth-order valence-corrected chi connectivity index (χ4v) is 0. The Morgan fingerprint density at radius 2 is 0.154 bits per heavy atom. The molecular formula is O6W7+30. The van der Waals surface area contributed by atoms with Crippen molar-refractivity contribution in [2.24, 2.45) is 0 Å². The minimum atomic E-state index is 0. The molecule has 0 aromatic carbocycles. The Bertz CT molecular complexity index is 12.9. The largest absolute Gasteiger partial charge is 6.00 e. The van der Waals surface area contributed by atoms with Crippen molar-refractivity contribution in [1.82, 2.24) is 0 Å². The summed E-state index contributed by atoms with van der Waals surface area (Å²) in [5.74, 6) is 0. The molecule has 0 spiro atoms. The molecule has 13 heavy (non-hydrogen) atoms. The van der Waals surface area contributed by atoms with Gasteiger partial charge in [-0.1, -0.05) is 0 Å². The third-order valence-electron chi connectivity index (χ3n) is 0. The van der Waals surface area contributed by atoms with Crippen molar-refractivity contribution in [1.29, 1.82) is 0 Å². The molecule has 0 unspecified atom stereocenters. The first kappa shape index (κ1) is 230. The maximum atomic E-state index is 0. The van der Waals surface area contributed by atoms with E-state index in [-0.39, 0.29) is 180 Å². The summed E-state index contributed by atoms with van der Waals surface area (Å²) in [5.41, 5.74) is 0. The van der Waals surface area contributed by atoms with E-state index in [1.54, 1.807) is 0 Å². The van der Waals surface area contributed by atoms with Crippen molar-refractivity contribution < 1.29 is 180 Å². The summed E-state index contributed by atoms with van der Waals surface area (Å²) in [6.07, 6.45) is 0. The first-order valence-electron chi connectivity index (χ1n) is 0. The topological polar surface area (TPSA) is 171 Å². The van der Waals surface area contributed by atoms with Crippen molar-refractivity contribution >= 4 is 0 Å². The predicted octanol–water partition coefficient (Wildman–Crippen LogP) is -0.730. The van der Waals surface area contributed by atoms with Crippen LogP contribution in [0.5, 0.6) is 0 Å². The molecule has 6 nitrogen and oxygen atoms in total. The Kier molecular flexibility index (Phi) is 3400. The van der Waals surface area contributed by atoms with E-state index in [0.29, 0.717) is 0 Å². The molecule has 0 aromatic heterocycles. The Balaban J connectivity index is 0. The molecule has 0 rings (SSSR count). The molecule has 0 aliphatic rings. The normalized spacial score (nSPS) is 0. The van der Waals surface area contributed by atoms with Gasteiger partial charge < -0.3 is 32.9 Å². The van der Waals surface area contributed by atoms with Crippen LogP contribution in [0, 0.1) is 0 Å². The molecule has 0 saturated carbocycles. The minimum absolute atomic E-state index is 0. The Morgan fingerprint density at radius 1 is 0.154 bits per heavy atom. The second kappa shape index (κ2) is 192. The molecule has 0 aliphatic heterocycles. The smallest absolute Gasteiger partial charge is 2.00 e. The van der Waals surface area contributed by atoms with Gasteiger partial charge in [0, 0.05) is 0 Å². The molecular weight excluding hydrogens is 1380 g/mol. The van der Waals surface area contributed by atoms with Crippen LogP contribution in [-0.4, -0.2) is 0 Å². The summed E-state index contributed by atoms with van der Waals surface area (Å²) >= 11 is 0. The van der Waals surface area contributed by atoms with Crippen molar-refractivity contribution in [3.63, 3.8) is 0 Å². The van der Waals surface area contributed by atoms with Crippen LogP contribution in [0.2, 0.25) is 0 Å². The van der Waals surface area contributed by atoms with Gasteiger partial charge in [0.2, 0.25) is 0 Å². The van der Waals surface area contributed by atoms with Gasteiger partial charge in [0.15, 0.2) is 0 Å². The van der Waals surface area contributed by atoms with Crippen LogP contribution in [0.15, 0.2) is 0 Å². The van der Waals surface area contributed by atoms with Gasteiger partial charge in [-0.15, -0.1) is 0 Å². The summed E-state index contributed by atoms with van der Waals surface area (Å²) in [4.78, 5) is 0. The van der Waals surface area contributed by atoms with Crippen molar-refractivity contribution in [2.45, 2.75) is 0 Å². The molecule has 0 fully saturated rings. The standard InChI is InChI=1S/6O.7W/q6*-2;7*+6. The van der Waals surface area contributed by atoms with Crippen LogP contribution >= 0.6 is 0 Å². The summed E-state index contributed by atoms with van der Waals surface area (Å²) in [6, 6.07) is 0. The number of hydrogen-bond donors (Lipinski definition) is 0. The molecule has 0 aromatic rings. The van der Waals surface area contributed by atoms with E-state index >= 15 is 0 Å². The van der Waals surface area contributed by atoms with E-state index in [1.165, 1.54) is 0 Å². The number of hydrogen-bond acceptors (Lipinski definition) is 0. The number of rotatable bonds is 0. The molecule has 13 heteroatoms. The van der Waals surface area contributed by atoms with E-state index < -0.39 is 0 Å². The molecule has 48 valence electrons. The summed E-state index contributed by atoms with van der Waals surface area (Å²) in [6.45, 7) is 0. The van der Waals surface area contributed by atoms with Gasteiger partial charge in [0.05, 0.1) is 0 Å². The van der Waals surface area contributed by atoms with Crippen LogP contribution < -0.4 is 0 Å². The third kappa shape index (κ3) is 168. The van der Waals surface area contributed by atoms with Crippen molar-refractivity contribution in [3.8, 4) is 0 Å². The molecule has 0 bridgehead atoms. The summed E-state index contributed by atoms with van der Waals surface area (Å²) in [7, 11) is 0. The molecule has 0 N–H and O–H groups in total. The SMILES string of the molecule is [O-2].[O-2].[O-2].[O-2].[O-2].[O-2].[W+6].[W+6].[W+6].[W+6].[W+6].[W+6].[W+6]. The van der Waals surface area contributed by atoms with Crippen molar-refractivity contribution in [3.05, 3.63) is 0 Å². The van der Waals surface area contributed by atoms with Gasteiger partial charge in [-0.05, 0) is 0 Å².